The lowest BCUT2D eigenvalue weighted by Crippen LogP contribution is -2.16. The molecule has 4 rings (SSSR count). The van der Waals surface area contributed by atoms with Crippen LogP contribution in [0.2, 0.25) is 5.02 Å². The Hall–Kier alpha value is -2.87. The molecule has 2 heterocycles. The van der Waals surface area contributed by atoms with Gasteiger partial charge in [0.1, 0.15) is 17.6 Å². The molecule has 0 fully saturated rings. The minimum absolute atomic E-state index is 0.148. The van der Waals surface area contributed by atoms with Gasteiger partial charge in [-0.05, 0) is 37.3 Å². The summed E-state index contributed by atoms with van der Waals surface area (Å²) in [4.78, 5) is 4.51. The minimum atomic E-state index is -4.42. The predicted octanol–water partition coefficient (Wildman–Crippen LogP) is 5.08. The van der Waals surface area contributed by atoms with Gasteiger partial charge in [-0.3, -0.25) is 9.56 Å². The lowest BCUT2D eigenvalue weighted by molar-refractivity contribution is -0.138. The molecular formula is C20H16ClF3N4O. The number of hydrogen-bond donors (Lipinski definition) is 0. The van der Waals surface area contributed by atoms with E-state index in [1.165, 1.54) is 7.11 Å². The monoisotopic (exact) mass is 420 g/mol. The number of aryl methyl sites for hydroxylation is 1. The standard InChI is InChI=1S/C20H16ClF3N4O/c1-11-26-27-19-16(10-20(22,23)24)25-18(12-3-5-13(21)6-4-12)15-9-14(29-2)7-8-17(15)28(11)19/h3-9,16H,10H2,1-2H3/t16-/m0/s1. The van der Waals surface area contributed by atoms with Gasteiger partial charge in [0, 0.05) is 16.1 Å². The second-order valence-corrected chi connectivity index (χ2v) is 7.08. The van der Waals surface area contributed by atoms with E-state index < -0.39 is 18.6 Å². The van der Waals surface area contributed by atoms with Crippen LogP contribution in [0.4, 0.5) is 13.2 Å². The van der Waals surface area contributed by atoms with Crippen LogP contribution in [-0.2, 0) is 0 Å². The van der Waals surface area contributed by atoms with Crippen LogP contribution in [0.1, 0.15) is 35.2 Å². The molecule has 29 heavy (non-hydrogen) atoms. The summed E-state index contributed by atoms with van der Waals surface area (Å²) in [5.74, 6) is 1.19. The van der Waals surface area contributed by atoms with Crippen LogP contribution in [-0.4, -0.2) is 33.8 Å². The first-order valence-corrected chi connectivity index (χ1v) is 9.16. The van der Waals surface area contributed by atoms with Crippen molar-refractivity contribution in [3.8, 4) is 11.4 Å². The van der Waals surface area contributed by atoms with Crippen molar-refractivity contribution in [2.24, 2.45) is 4.99 Å². The zero-order chi connectivity index (χ0) is 20.8. The Kier molecular flexibility index (Phi) is 4.82. The molecule has 0 N–H and O–H groups in total. The molecule has 5 nitrogen and oxygen atoms in total. The van der Waals surface area contributed by atoms with Crippen molar-refractivity contribution >= 4 is 17.3 Å². The lowest BCUT2D eigenvalue weighted by atomic mass is 10.00. The highest BCUT2D eigenvalue weighted by molar-refractivity contribution is 6.30. The van der Waals surface area contributed by atoms with Gasteiger partial charge in [-0.25, -0.2) is 0 Å². The molecule has 2 aromatic carbocycles. The van der Waals surface area contributed by atoms with Gasteiger partial charge < -0.3 is 4.74 Å². The van der Waals surface area contributed by atoms with Crippen LogP contribution in [0.25, 0.3) is 5.69 Å². The Morgan fingerprint density at radius 3 is 2.48 bits per heavy atom. The molecular weight excluding hydrogens is 405 g/mol. The summed E-state index contributed by atoms with van der Waals surface area (Å²) in [5, 5.41) is 8.54. The number of benzene rings is 2. The van der Waals surface area contributed by atoms with Crippen LogP contribution < -0.4 is 4.74 Å². The smallest absolute Gasteiger partial charge is 0.391 e. The molecule has 0 radical (unpaired) electrons. The lowest BCUT2D eigenvalue weighted by Gasteiger charge is -2.14. The first-order chi connectivity index (χ1) is 13.8. The summed E-state index contributed by atoms with van der Waals surface area (Å²) in [5.41, 5.74) is 2.32. The molecule has 0 bridgehead atoms. The van der Waals surface area contributed by atoms with Crippen molar-refractivity contribution in [1.82, 2.24) is 14.8 Å². The van der Waals surface area contributed by atoms with Gasteiger partial charge in [-0.15, -0.1) is 10.2 Å². The maximum Gasteiger partial charge on any atom is 0.391 e. The molecule has 1 aromatic heterocycles. The largest absolute Gasteiger partial charge is 0.497 e. The van der Waals surface area contributed by atoms with Gasteiger partial charge in [0.2, 0.25) is 0 Å². The maximum atomic E-state index is 13.3. The Balaban J connectivity index is 2.01. The third kappa shape index (κ3) is 3.72. The normalized spacial score (nSPS) is 15.9. The molecule has 0 spiro atoms. The third-order valence-electron chi connectivity index (χ3n) is 4.68. The van der Waals surface area contributed by atoms with Crippen LogP contribution >= 0.6 is 11.6 Å². The average molecular weight is 421 g/mol. The Morgan fingerprint density at radius 1 is 1.10 bits per heavy atom. The number of methoxy groups -OCH3 is 1. The van der Waals surface area contributed by atoms with Gasteiger partial charge in [0.05, 0.1) is 24.9 Å². The van der Waals surface area contributed by atoms with E-state index in [1.807, 2.05) is 0 Å². The van der Waals surface area contributed by atoms with E-state index in [4.69, 9.17) is 16.3 Å². The summed E-state index contributed by atoms with van der Waals surface area (Å²) in [6, 6.07) is 10.8. The summed E-state index contributed by atoms with van der Waals surface area (Å²) < 4.78 is 47.0. The van der Waals surface area contributed by atoms with Crippen LogP contribution in [0.3, 0.4) is 0 Å². The Labute approximate surface area is 169 Å². The van der Waals surface area contributed by atoms with Gasteiger partial charge in [-0.1, -0.05) is 23.7 Å². The van der Waals surface area contributed by atoms with Crippen LogP contribution in [0, 0.1) is 6.92 Å². The average Bonchev–Trinajstić information content (AvgIpc) is 3.00. The molecule has 0 unspecified atom stereocenters. The fourth-order valence-corrected chi connectivity index (χ4v) is 3.52. The van der Waals surface area contributed by atoms with Crippen LogP contribution in [0.15, 0.2) is 47.5 Å². The zero-order valence-corrected chi connectivity index (χ0v) is 16.3. The van der Waals surface area contributed by atoms with E-state index >= 15 is 0 Å². The second-order valence-electron chi connectivity index (χ2n) is 6.64. The quantitative estimate of drug-likeness (QED) is 0.593. The first-order valence-electron chi connectivity index (χ1n) is 8.78. The molecule has 0 saturated carbocycles. The third-order valence-corrected chi connectivity index (χ3v) is 4.93. The zero-order valence-electron chi connectivity index (χ0n) is 15.5. The highest BCUT2D eigenvalue weighted by atomic mass is 35.5. The molecule has 1 atom stereocenters. The number of ether oxygens (including phenoxy) is 1. The van der Waals surface area contributed by atoms with Crippen molar-refractivity contribution < 1.29 is 17.9 Å². The summed E-state index contributed by atoms with van der Waals surface area (Å²) in [6.45, 7) is 1.70. The van der Waals surface area contributed by atoms with Gasteiger partial charge in [0.25, 0.3) is 0 Å². The van der Waals surface area contributed by atoms with E-state index in [1.54, 1.807) is 54.0 Å². The van der Waals surface area contributed by atoms with Crippen molar-refractivity contribution in [2.75, 3.05) is 7.11 Å². The van der Waals surface area contributed by atoms with Crippen molar-refractivity contribution in [3.05, 3.63) is 70.3 Å². The molecule has 0 aliphatic carbocycles. The fourth-order valence-electron chi connectivity index (χ4n) is 3.40. The van der Waals surface area contributed by atoms with E-state index in [0.717, 1.165) is 0 Å². The SMILES string of the molecule is COc1ccc2c(c1)C(c1ccc(Cl)cc1)=N[C@@H](CC(F)(F)F)c1nnc(C)n1-2. The predicted molar refractivity (Wildman–Crippen MR) is 103 cm³/mol. The van der Waals surface area contributed by atoms with Crippen molar-refractivity contribution in [1.29, 1.82) is 0 Å². The molecule has 0 saturated heterocycles. The van der Waals surface area contributed by atoms with E-state index in [2.05, 4.69) is 15.2 Å². The Bertz CT molecular complexity index is 1090. The molecule has 9 heteroatoms. The number of aliphatic imine (C=N–C) groups is 1. The van der Waals surface area contributed by atoms with Gasteiger partial charge >= 0.3 is 6.18 Å². The Morgan fingerprint density at radius 2 is 1.83 bits per heavy atom. The minimum Gasteiger partial charge on any atom is -0.497 e. The maximum absolute atomic E-state index is 13.3. The number of aromatic nitrogens is 3. The van der Waals surface area contributed by atoms with Gasteiger partial charge in [0.15, 0.2) is 5.82 Å². The summed E-state index contributed by atoms with van der Waals surface area (Å²) >= 11 is 5.99. The topological polar surface area (TPSA) is 52.3 Å². The number of hydrogen-bond acceptors (Lipinski definition) is 4. The van der Waals surface area contributed by atoms with E-state index in [9.17, 15) is 13.2 Å². The first kappa shape index (κ1) is 19.4. The second kappa shape index (κ2) is 7.18. The number of nitrogens with zero attached hydrogens (tertiary/aromatic N) is 4. The van der Waals surface area contributed by atoms with Crippen LogP contribution in [0.5, 0.6) is 5.75 Å². The molecule has 1 aliphatic rings. The highest BCUT2D eigenvalue weighted by Crippen LogP contribution is 2.38. The summed E-state index contributed by atoms with van der Waals surface area (Å²) in [6.07, 6.45) is -5.56. The van der Waals surface area contributed by atoms with Crippen molar-refractivity contribution in [2.45, 2.75) is 25.6 Å². The number of halogens is 4. The van der Waals surface area contributed by atoms with Crippen molar-refractivity contribution in [3.63, 3.8) is 0 Å². The molecule has 150 valence electrons. The molecule has 1 aliphatic heterocycles. The molecule has 0 amide bonds. The fraction of sp³-hybridized carbons (Fsp3) is 0.250. The number of fused-ring (bicyclic) bond motifs is 3. The summed E-state index contributed by atoms with van der Waals surface area (Å²) in [7, 11) is 1.53. The van der Waals surface area contributed by atoms with E-state index in [0.29, 0.717) is 39.1 Å². The van der Waals surface area contributed by atoms with E-state index in [-0.39, 0.29) is 5.82 Å². The highest BCUT2D eigenvalue weighted by Gasteiger charge is 2.37. The van der Waals surface area contributed by atoms with Gasteiger partial charge in [-0.2, -0.15) is 13.2 Å². The number of alkyl halides is 3. The number of rotatable bonds is 3. The molecule has 3 aromatic rings.